The van der Waals surface area contributed by atoms with Crippen molar-refractivity contribution in [3.63, 3.8) is 0 Å². The Balaban J connectivity index is 2.05. The molecule has 0 unspecified atom stereocenters. The first-order valence-corrected chi connectivity index (χ1v) is 8.31. The van der Waals surface area contributed by atoms with Crippen LogP contribution < -0.4 is 10.6 Å². The quantitative estimate of drug-likeness (QED) is 0.409. The van der Waals surface area contributed by atoms with Gasteiger partial charge in [-0.05, 0) is 44.4 Å². The number of hydrogen-bond donors (Lipinski definition) is 2. The fraction of sp³-hybridized carbons (Fsp3) is 0.938. The smallest absolute Gasteiger partial charge is 0.191 e. The molecule has 1 fully saturated rings. The van der Waals surface area contributed by atoms with Crippen molar-refractivity contribution in [1.82, 2.24) is 10.6 Å². The summed E-state index contributed by atoms with van der Waals surface area (Å²) in [5.41, 5.74) is 0. The van der Waals surface area contributed by atoms with Gasteiger partial charge in [0, 0.05) is 32.8 Å². The van der Waals surface area contributed by atoms with Gasteiger partial charge in [0.05, 0.1) is 0 Å². The second-order valence-corrected chi connectivity index (χ2v) is 5.92. The van der Waals surface area contributed by atoms with Crippen molar-refractivity contribution >= 4 is 5.96 Å². The molecule has 0 atom stereocenters. The van der Waals surface area contributed by atoms with E-state index in [1.807, 2.05) is 7.05 Å². The van der Waals surface area contributed by atoms with Gasteiger partial charge in [0.25, 0.3) is 0 Å². The third-order valence-electron chi connectivity index (χ3n) is 3.98. The van der Waals surface area contributed by atoms with Crippen molar-refractivity contribution in [2.45, 2.75) is 64.8 Å². The van der Waals surface area contributed by atoms with E-state index in [9.17, 15) is 0 Å². The average molecular weight is 283 g/mol. The first-order valence-electron chi connectivity index (χ1n) is 8.31. The monoisotopic (exact) mass is 283 g/mol. The number of hydrogen-bond acceptors (Lipinski definition) is 2. The summed E-state index contributed by atoms with van der Waals surface area (Å²) in [6.45, 7) is 7.19. The lowest BCUT2D eigenvalue weighted by Gasteiger charge is -2.28. The summed E-state index contributed by atoms with van der Waals surface area (Å²) in [7, 11) is 1.85. The molecule has 0 aromatic rings. The number of nitrogens with one attached hydrogen (secondary N) is 2. The van der Waals surface area contributed by atoms with E-state index in [2.05, 4.69) is 29.5 Å². The summed E-state index contributed by atoms with van der Waals surface area (Å²) >= 11 is 0. The fourth-order valence-corrected chi connectivity index (χ4v) is 2.52. The second-order valence-electron chi connectivity index (χ2n) is 5.92. The lowest BCUT2D eigenvalue weighted by atomic mass is 9.87. The van der Waals surface area contributed by atoms with E-state index in [0.717, 1.165) is 44.5 Å². The Morgan fingerprint density at radius 3 is 2.50 bits per heavy atom. The van der Waals surface area contributed by atoms with Crippen molar-refractivity contribution in [1.29, 1.82) is 0 Å². The molecule has 4 nitrogen and oxygen atoms in total. The predicted octanol–water partition coefficient (Wildman–Crippen LogP) is 2.94. The number of unbranched alkanes of at least 4 members (excludes halogenated alkanes) is 1. The van der Waals surface area contributed by atoms with Gasteiger partial charge < -0.3 is 15.4 Å². The van der Waals surface area contributed by atoms with Crippen LogP contribution in [0.25, 0.3) is 0 Å². The van der Waals surface area contributed by atoms with Crippen LogP contribution in [0.15, 0.2) is 4.99 Å². The minimum absolute atomic E-state index is 0.596. The van der Waals surface area contributed by atoms with Crippen LogP contribution >= 0.6 is 0 Å². The third-order valence-corrected chi connectivity index (χ3v) is 3.98. The largest absolute Gasteiger partial charge is 0.381 e. The van der Waals surface area contributed by atoms with Crippen molar-refractivity contribution in [3.8, 4) is 0 Å². The highest BCUT2D eigenvalue weighted by Gasteiger charge is 2.18. The summed E-state index contributed by atoms with van der Waals surface area (Å²) in [5, 5.41) is 6.91. The van der Waals surface area contributed by atoms with Gasteiger partial charge in [-0.3, -0.25) is 4.99 Å². The topological polar surface area (TPSA) is 45.6 Å². The molecule has 1 aliphatic rings. The molecule has 4 heteroatoms. The Labute approximate surface area is 124 Å². The number of nitrogens with zero attached hydrogens (tertiary/aromatic N) is 1. The molecule has 0 saturated heterocycles. The van der Waals surface area contributed by atoms with Crippen molar-refractivity contribution in [2.75, 3.05) is 26.8 Å². The Bertz CT molecular complexity index is 260. The molecule has 118 valence electrons. The maximum Gasteiger partial charge on any atom is 0.191 e. The van der Waals surface area contributed by atoms with Crippen molar-refractivity contribution < 1.29 is 4.74 Å². The molecule has 1 rings (SSSR count). The molecule has 20 heavy (non-hydrogen) atoms. The summed E-state index contributed by atoms with van der Waals surface area (Å²) in [5.74, 6) is 1.83. The van der Waals surface area contributed by atoms with E-state index in [0.29, 0.717) is 6.04 Å². The van der Waals surface area contributed by atoms with Gasteiger partial charge in [-0.25, -0.2) is 0 Å². The van der Waals surface area contributed by atoms with Crippen LogP contribution in [-0.2, 0) is 4.74 Å². The van der Waals surface area contributed by atoms with E-state index < -0.39 is 0 Å². The SMILES string of the molecule is CCCCOCCCNC(=NC)NC1CCC(C)CC1. The standard InChI is InChI=1S/C16H33N3O/c1-4-5-12-20-13-6-11-18-16(17-3)19-15-9-7-14(2)8-10-15/h14-15H,4-13H2,1-3H3,(H2,17,18,19). The zero-order valence-corrected chi connectivity index (χ0v) is 13.6. The Kier molecular flexibility index (Phi) is 9.46. The minimum atomic E-state index is 0.596. The van der Waals surface area contributed by atoms with Crippen molar-refractivity contribution in [2.24, 2.45) is 10.9 Å². The van der Waals surface area contributed by atoms with Gasteiger partial charge in [-0.2, -0.15) is 0 Å². The Morgan fingerprint density at radius 1 is 1.15 bits per heavy atom. The summed E-state index contributed by atoms with van der Waals surface area (Å²) in [4.78, 5) is 4.30. The average Bonchev–Trinajstić information content (AvgIpc) is 2.47. The predicted molar refractivity (Wildman–Crippen MR) is 86.3 cm³/mol. The van der Waals surface area contributed by atoms with Gasteiger partial charge >= 0.3 is 0 Å². The molecule has 2 N–H and O–H groups in total. The molecule has 0 bridgehead atoms. The van der Waals surface area contributed by atoms with Crippen LogP contribution in [-0.4, -0.2) is 38.8 Å². The van der Waals surface area contributed by atoms with Gasteiger partial charge in [-0.1, -0.05) is 20.3 Å². The van der Waals surface area contributed by atoms with E-state index in [1.165, 1.54) is 32.1 Å². The van der Waals surface area contributed by atoms with E-state index in [4.69, 9.17) is 4.74 Å². The molecule has 0 aliphatic heterocycles. The van der Waals surface area contributed by atoms with Gasteiger partial charge in [0.1, 0.15) is 0 Å². The highest BCUT2D eigenvalue weighted by atomic mass is 16.5. The zero-order valence-electron chi connectivity index (χ0n) is 13.6. The number of guanidine groups is 1. The van der Waals surface area contributed by atoms with E-state index >= 15 is 0 Å². The normalized spacial score (nSPS) is 23.6. The molecular weight excluding hydrogens is 250 g/mol. The number of ether oxygens (including phenoxy) is 1. The summed E-state index contributed by atoms with van der Waals surface area (Å²) in [6, 6.07) is 0.596. The number of aliphatic imine (C=N–C) groups is 1. The molecule has 0 amide bonds. The number of rotatable bonds is 8. The lowest BCUT2D eigenvalue weighted by Crippen LogP contribution is -2.45. The van der Waals surface area contributed by atoms with E-state index in [1.54, 1.807) is 0 Å². The maximum atomic E-state index is 5.55. The van der Waals surface area contributed by atoms with Gasteiger partial charge in [-0.15, -0.1) is 0 Å². The molecular formula is C16H33N3O. The highest BCUT2D eigenvalue weighted by molar-refractivity contribution is 5.79. The van der Waals surface area contributed by atoms with Crippen LogP contribution in [0.3, 0.4) is 0 Å². The maximum absolute atomic E-state index is 5.55. The molecule has 0 aromatic heterocycles. The molecule has 0 aromatic carbocycles. The molecule has 1 saturated carbocycles. The molecule has 1 aliphatic carbocycles. The first-order chi connectivity index (χ1) is 9.76. The van der Waals surface area contributed by atoms with Gasteiger partial charge in [0.2, 0.25) is 0 Å². The molecule has 0 heterocycles. The van der Waals surface area contributed by atoms with Gasteiger partial charge in [0.15, 0.2) is 5.96 Å². The van der Waals surface area contributed by atoms with Crippen LogP contribution in [0.5, 0.6) is 0 Å². The van der Waals surface area contributed by atoms with Crippen LogP contribution in [0.4, 0.5) is 0 Å². The van der Waals surface area contributed by atoms with E-state index in [-0.39, 0.29) is 0 Å². The van der Waals surface area contributed by atoms with Crippen LogP contribution in [0.1, 0.15) is 58.8 Å². The zero-order chi connectivity index (χ0) is 14.6. The Morgan fingerprint density at radius 2 is 1.85 bits per heavy atom. The van der Waals surface area contributed by atoms with Crippen molar-refractivity contribution in [3.05, 3.63) is 0 Å². The molecule has 0 radical (unpaired) electrons. The minimum Gasteiger partial charge on any atom is -0.381 e. The van der Waals surface area contributed by atoms with Crippen LogP contribution in [0, 0.1) is 5.92 Å². The second kappa shape index (κ2) is 11.0. The lowest BCUT2D eigenvalue weighted by molar-refractivity contribution is 0.129. The Hall–Kier alpha value is -0.770. The summed E-state index contributed by atoms with van der Waals surface area (Å²) < 4.78 is 5.55. The fourth-order valence-electron chi connectivity index (χ4n) is 2.52. The first kappa shape index (κ1) is 17.3. The summed E-state index contributed by atoms with van der Waals surface area (Å²) in [6.07, 6.45) is 8.60. The van der Waals surface area contributed by atoms with Crippen LogP contribution in [0.2, 0.25) is 0 Å². The highest BCUT2D eigenvalue weighted by Crippen LogP contribution is 2.23. The molecule has 0 spiro atoms. The third kappa shape index (κ3) is 7.73.